The summed E-state index contributed by atoms with van der Waals surface area (Å²) >= 11 is 1.30. The molecular formula is C24H24N4O7S. The standard InChI is InChI=1S/C24H24N4O7S/c1-4-34-24(31)22-14(2)26(3)19-10-9-17(11-18(19)22)35-12-20(29)25-27-21(30)13-36-23(27)15-5-7-16(8-6-15)28(32)33/h5-11,23H,4,12-13H2,1-3H3,(H,25,29)/t23-/m0/s1. The Labute approximate surface area is 210 Å². The summed E-state index contributed by atoms with van der Waals surface area (Å²) in [4.78, 5) is 47.9. The number of nitro benzene ring substituents is 1. The molecule has 11 nitrogen and oxygen atoms in total. The summed E-state index contributed by atoms with van der Waals surface area (Å²) in [6, 6.07) is 11.0. The molecule has 1 aliphatic heterocycles. The monoisotopic (exact) mass is 512 g/mol. The summed E-state index contributed by atoms with van der Waals surface area (Å²) in [5.41, 5.74) is 5.16. The molecule has 1 aromatic heterocycles. The Kier molecular flexibility index (Phi) is 7.15. The molecule has 0 spiro atoms. The highest BCUT2D eigenvalue weighted by atomic mass is 32.2. The molecule has 3 aromatic rings. The second-order valence-corrected chi connectivity index (χ2v) is 9.09. The minimum absolute atomic E-state index is 0.0613. The van der Waals surface area contributed by atoms with Crippen molar-refractivity contribution in [1.82, 2.24) is 15.0 Å². The fourth-order valence-corrected chi connectivity index (χ4v) is 5.08. The van der Waals surface area contributed by atoms with E-state index in [1.54, 1.807) is 37.3 Å². The number of nitro groups is 1. The van der Waals surface area contributed by atoms with Crippen LogP contribution in [0, 0.1) is 17.0 Å². The number of rotatable bonds is 8. The summed E-state index contributed by atoms with van der Waals surface area (Å²) in [7, 11) is 1.85. The summed E-state index contributed by atoms with van der Waals surface area (Å²) < 4.78 is 12.7. The van der Waals surface area contributed by atoms with Crippen molar-refractivity contribution in [2.75, 3.05) is 19.0 Å². The Morgan fingerprint density at radius 2 is 1.94 bits per heavy atom. The summed E-state index contributed by atoms with van der Waals surface area (Å²) in [6.07, 6.45) is 0. The van der Waals surface area contributed by atoms with Crippen molar-refractivity contribution in [3.63, 3.8) is 0 Å². The number of aromatic nitrogens is 1. The van der Waals surface area contributed by atoms with Gasteiger partial charge in [-0.25, -0.2) is 9.80 Å². The molecule has 1 aliphatic rings. The van der Waals surface area contributed by atoms with E-state index in [0.29, 0.717) is 22.3 Å². The van der Waals surface area contributed by atoms with Crippen molar-refractivity contribution in [3.8, 4) is 5.75 Å². The number of carbonyl (C=O) groups excluding carboxylic acids is 3. The molecule has 2 amide bonds. The third-order valence-corrected chi connectivity index (χ3v) is 7.03. The first-order chi connectivity index (χ1) is 17.2. The maximum absolute atomic E-state index is 12.6. The van der Waals surface area contributed by atoms with Gasteiger partial charge in [-0.1, -0.05) is 0 Å². The molecule has 1 saturated heterocycles. The summed E-state index contributed by atoms with van der Waals surface area (Å²) in [5.74, 6) is -0.742. The zero-order valence-electron chi connectivity index (χ0n) is 19.8. The second-order valence-electron chi connectivity index (χ2n) is 8.02. The van der Waals surface area contributed by atoms with E-state index in [0.717, 1.165) is 11.2 Å². The molecule has 4 rings (SSSR count). The number of hydrogen-bond donors (Lipinski definition) is 1. The minimum atomic E-state index is -0.548. The quantitative estimate of drug-likeness (QED) is 0.276. The maximum Gasteiger partial charge on any atom is 0.340 e. The minimum Gasteiger partial charge on any atom is -0.484 e. The van der Waals surface area contributed by atoms with Crippen molar-refractivity contribution in [1.29, 1.82) is 0 Å². The van der Waals surface area contributed by atoms with E-state index in [9.17, 15) is 24.5 Å². The van der Waals surface area contributed by atoms with Gasteiger partial charge in [0.1, 0.15) is 11.1 Å². The highest BCUT2D eigenvalue weighted by molar-refractivity contribution is 8.00. The Morgan fingerprint density at radius 1 is 1.22 bits per heavy atom. The molecule has 36 heavy (non-hydrogen) atoms. The lowest BCUT2D eigenvalue weighted by molar-refractivity contribution is -0.384. The first-order valence-electron chi connectivity index (χ1n) is 11.1. The Morgan fingerprint density at radius 3 is 2.61 bits per heavy atom. The molecule has 0 aliphatic carbocycles. The van der Waals surface area contributed by atoms with Gasteiger partial charge in [0.25, 0.3) is 17.5 Å². The van der Waals surface area contributed by atoms with Gasteiger partial charge in [-0.3, -0.25) is 25.1 Å². The number of esters is 1. The van der Waals surface area contributed by atoms with Gasteiger partial charge in [-0.15, -0.1) is 11.8 Å². The third-order valence-electron chi connectivity index (χ3n) is 5.82. The summed E-state index contributed by atoms with van der Waals surface area (Å²) in [5, 5.41) is 12.2. The number of ether oxygens (including phenoxy) is 2. The fraction of sp³-hybridized carbons (Fsp3) is 0.292. The normalized spacial score (nSPS) is 15.2. The molecule has 188 valence electrons. The van der Waals surface area contributed by atoms with Crippen molar-refractivity contribution in [2.45, 2.75) is 19.2 Å². The van der Waals surface area contributed by atoms with Crippen molar-refractivity contribution in [2.24, 2.45) is 7.05 Å². The number of nitrogens with one attached hydrogen (secondary N) is 1. The lowest BCUT2D eigenvalue weighted by Crippen LogP contribution is -2.46. The van der Waals surface area contributed by atoms with E-state index < -0.39 is 22.2 Å². The van der Waals surface area contributed by atoms with E-state index in [1.807, 2.05) is 18.5 Å². The van der Waals surface area contributed by atoms with Crippen LogP contribution in [0.2, 0.25) is 0 Å². The van der Waals surface area contributed by atoms with Crippen LogP contribution in [0.15, 0.2) is 42.5 Å². The molecular weight excluding hydrogens is 488 g/mol. The number of fused-ring (bicyclic) bond motifs is 1. The Hall–Kier alpha value is -4.06. The zero-order valence-corrected chi connectivity index (χ0v) is 20.7. The van der Waals surface area contributed by atoms with E-state index in [-0.39, 0.29) is 30.6 Å². The number of hydrazine groups is 1. The van der Waals surface area contributed by atoms with E-state index in [1.165, 1.54) is 28.9 Å². The van der Waals surface area contributed by atoms with Crippen LogP contribution in [-0.4, -0.2) is 51.2 Å². The second kappa shape index (κ2) is 10.3. The smallest absolute Gasteiger partial charge is 0.340 e. The first kappa shape index (κ1) is 25.0. The van der Waals surface area contributed by atoms with Gasteiger partial charge >= 0.3 is 5.97 Å². The van der Waals surface area contributed by atoms with E-state index in [2.05, 4.69) is 5.43 Å². The lowest BCUT2D eigenvalue weighted by Gasteiger charge is -2.24. The van der Waals surface area contributed by atoms with Crippen LogP contribution in [0.5, 0.6) is 5.75 Å². The molecule has 1 N–H and O–H groups in total. The van der Waals surface area contributed by atoms with Crippen molar-refractivity contribution < 1.29 is 28.8 Å². The van der Waals surface area contributed by atoms with Crippen molar-refractivity contribution >= 4 is 46.1 Å². The van der Waals surface area contributed by atoms with Gasteiger partial charge in [0.05, 0.1) is 22.8 Å². The van der Waals surface area contributed by atoms with Gasteiger partial charge < -0.3 is 14.0 Å². The predicted octanol–water partition coefficient (Wildman–Crippen LogP) is 3.26. The fourth-order valence-electron chi connectivity index (χ4n) is 3.97. The molecule has 0 saturated carbocycles. The van der Waals surface area contributed by atoms with E-state index in [4.69, 9.17) is 9.47 Å². The molecule has 2 heterocycles. The van der Waals surface area contributed by atoms with Crippen LogP contribution < -0.4 is 10.2 Å². The number of aryl methyl sites for hydroxylation is 1. The molecule has 1 atom stereocenters. The van der Waals surface area contributed by atoms with Crippen LogP contribution in [0.1, 0.15) is 33.9 Å². The maximum atomic E-state index is 12.6. The van der Waals surface area contributed by atoms with Gasteiger partial charge in [-0.2, -0.15) is 0 Å². The largest absolute Gasteiger partial charge is 0.484 e. The van der Waals surface area contributed by atoms with E-state index >= 15 is 0 Å². The van der Waals surface area contributed by atoms with Gasteiger partial charge in [0.2, 0.25) is 0 Å². The average Bonchev–Trinajstić information content (AvgIpc) is 3.34. The van der Waals surface area contributed by atoms with Crippen LogP contribution >= 0.6 is 11.8 Å². The molecule has 0 bridgehead atoms. The predicted molar refractivity (Wildman–Crippen MR) is 132 cm³/mol. The SMILES string of the molecule is CCOC(=O)c1c(C)n(C)c2ccc(OCC(=O)NN3C(=O)CS[C@H]3c3ccc([N+](=O)[O-])cc3)cc12. The third kappa shape index (κ3) is 4.85. The van der Waals surface area contributed by atoms with Crippen LogP contribution in [0.3, 0.4) is 0 Å². The highest BCUT2D eigenvalue weighted by Crippen LogP contribution is 2.37. The molecule has 0 radical (unpaired) electrons. The van der Waals surface area contributed by atoms with Crippen LogP contribution in [0.25, 0.3) is 10.9 Å². The number of carbonyl (C=O) groups is 3. The molecule has 2 aromatic carbocycles. The number of benzene rings is 2. The summed E-state index contributed by atoms with van der Waals surface area (Å²) in [6.45, 7) is 3.45. The first-order valence-corrected chi connectivity index (χ1v) is 12.1. The van der Waals surface area contributed by atoms with Gasteiger partial charge in [-0.05, 0) is 49.7 Å². The number of non-ortho nitro benzene ring substituents is 1. The Bertz CT molecular complexity index is 1350. The number of amides is 2. The molecule has 1 fully saturated rings. The lowest BCUT2D eigenvalue weighted by atomic mass is 10.1. The van der Waals surface area contributed by atoms with Crippen LogP contribution in [-0.2, 0) is 21.4 Å². The zero-order chi connectivity index (χ0) is 26.0. The number of thioether (sulfide) groups is 1. The Balaban J connectivity index is 1.45. The van der Waals surface area contributed by atoms with Gasteiger partial charge in [0.15, 0.2) is 6.61 Å². The molecule has 12 heteroatoms. The molecule has 0 unspecified atom stereocenters. The average molecular weight is 513 g/mol. The number of nitrogens with zero attached hydrogens (tertiary/aromatic N) is 3. The van der Waals surface area contributed by atoms with Gasteiger partial charge in [0, 0.05) is 35.8 Å². The van der Waals surface area contributed by atoms with Crippen molar-refractivity contribution in [3.05, 3.63) is 69.4 Å². The number of hydrogen-bond acceptors (Lipinski definition) is 8. The van der Waals surface area contributed by atoms with Crippen LogP contribution in [0.4, 0.5) is 5.69 Å². The topological polar surface area (TPSA) is 133 Å². The highest BCUT2D eigenvalue weighted by Gasteiger charge is 2.34.